The van der Waals surface area contributed by atoms with Gasteiger partial charge in [0.25, 0.3) is 5.91 Å². The van der Waals surface area contributed by atoms with Crippen LogP contribution in [0.25, 0.3) is 0 Å². The number of anilines is 1. The highest BCUT2D eigenvalue weighted by molar-refractivity contribution is 5.95. The Balaban J connectivity index is 2.09. The molecule has 5 nitrogen and oxygen atoms in total. The molecule has 0 radical (unpaired) electrons. The Labute approximate surface area is 98.6 Å². The Morgan fingerprint density at radius 2 is 2.47 bits per heavy atom. The van der Waals surface area contributed by atoms with Crippen molar-refractivity contribution in [2.24, 2.45) is 11.8 Å². The molecule has 1 aromatic rings. The molecule has 2 rings (SSSR count). The summed E-state index contributed by atoms with van der Waals surface area (Å²) >= 11 is 0. The lowest BCUT2D eigenvalue weighted by Gasteiger charge is -2.07. The number of hydrogen-bond acceptors (Lipinski definition) is 4. The molecule has 1 fully saturated rings. The molecular weight excluding hydrogens is 223 g/mol. The number of carbonyl (C=O) groups is 1. The fraction of sp³-hybridized carbons (Fsp3) is 0.455. The van der Waals surface area contributed by atoms with E-state index in [2.05, 4.69) is 22.7 Å². The van der Waals surface area contributed by atoms with Gasteiger partial charge in [0.1, 0.15) is 0 Å². The molecule has 0 saturated heterocycles. The van der Waals surface area contributed by atoms with E-state index >= 15 is 0 Å². The van der Waals surface area contributed by atoms with E-state index < -0.39 is 11.7 Å². The van der Waals surface area contributed by atoms with Crippen molar-refractivity contribution in [3.05, 3.63) is 23.6 Å². The molecule has 0 aromatic carbocycles. The molecule has 0 bridgehead atoms. The second kappa shape index (κ2) is 4.67. The first-order valence-electron chi connectivity index (χ1n) is 5.59. The fourth-order valence-electron chi connectivity index (χ4n) is 1.84. The predicted octanol–water partition coefficient (Wildman–Crippen LogP) is 1.03. The number of nitrogens with zero attached hydrogens (tertiary/aromatic N) is 1. The van der Waals surface area contributed by atoms with E-state index in [0.29, 0.717) is 5.92 Å². The minimum atomic E-state index is -0.721. The number of hydrogen-bond donors (Lipinski definition) is 3. The van der Waals surface area contributed by atoms with Gasteiger partial charge in [0.2, 0.25) is 0 Å². The van der Waals surface area contributed by atoms with Crippen molar-refractivity contribution in [3.63, 3.8) is 0 Å². The summed E-state index contributed by atoms with van der Waals surface area (Å²) in [7, 11) is 0. The van der Waals surface area contributed by atoms with Gasteiger partial charge in [-0.1, -0.05) is 13.3 Å². The quantitative estimate of drug-likeness (QED) is 0.540. The highest BCUT2D eigenvalue weighted by Gasteiger charge is 2.37. The first-order valence-corrected chi connectivity index (χ1v) is 5.59. The summed E-state index contributed by atoms with van der Waals surface area (Å²) in [4.78, 5) is 15.5. The number of nitrogens with two attached hydrogens (primary N) is 1. The highest BCUT2D eigenvalue weighted by Crippen LogP contribution is 2.33. The van der Waals surface area contributed by atoms with E-state index in [9.17, 15) is 9.18 Å². The van der Waals surface area contributed by atoms with Crippen molar-refractivity contribution in [2.75, 3.05) is 5.43 Å². The molecule has 0 spiro atoms. The van der Waals surface area contributed by atoms with Gasteiger partial charge in [-0.15, -0.1) is 0 Å². The molecule has 17 heavy (non-hydrogen) atoms. The number of nitrogen functional groups attached to an aromatic ring is 1. The Morgan fingerprint density at radius 3 is 3.06 bits per heavy atom. The highest BCUT2D eigenvalue weighted by atomic mass is 19.1. The lowest BCUT2D eigenvalue weighted by atomic mass is 10.2. The summed E-state index contributed by atoms with van der Waals surface area (Å²) in [6.07, 6.45) is 3.34. The van der Waals surface area contributed by atoms with Gasteiger partial charge < -0.3 is 10.7 Å². The molecule has 1 amide bonds. The topological polar surface area (TPSA) is 80.0 Å². The summed E-state index contributed by atoms with van der Waals surface area (Å²) in [6, 6.07) is 1.52. The maximum Gasteiger partial charge on any atom is 0.254 e. The number of amides is 1. The zero-order valence-electron chi connectivity index (χ0n) is 9.53. The lowest BCUT2D eigenvalue weighted by Crippen LogP contribution is -2.28. The van der Waals surface area contributed by atoms with Crippen LogP contribution in [0.5, 0.6) is 0 Å². The maximum absolute atomic E-state index is 13.7. The molecule has 6 heteroatoms. The monoisotopic (exact) mass is 238 g/mol. The Bertz CT molecular complexity index is 437. The Morgan fingerprint density at radius 1 is 1.71 bits per heavy atom. The molecule has 0 aliphatic heterocycles. The fourth-order valence-corrected chi connectivity index (χ4v) is 1.84. The third-order valence-corrected chi connectivity index (χ3v) is 3.03. The summed E-state index contributed by atoms with van der Waals surface area (Å²) in [5.74, 6) is 4.36. The van der Waals surface area contributed by atoms with E-state index in [0.717, 1.165) is 12.8 Å². The van der Waals surface area contributed by atoms with E-state index in [1.165, 1.54) is 12.3 Å². The van der Waals surface area contributed by atoms with Crippen LogP contribution in [0.15, 0.2) is 12.3 Å². The van der Waals surface area contributed by atoms with E-state index in [1.54, 1.807) is 0 Å². The van der Waals surface area contributed by atoms with Crippen LogP contribution in [0.4, 0.5) is 10.2 Å². The summed E-state index contributed by atoms with van der Waals surface area (Å²) in [5.41, 5.74) is 2.08. The van der Waals surface area contributed by atoms with Crippen LogP contribution in [0.2, 0.25) is 0 Å². The number of aromatic nitrogens is 1. The number of nitrogens with one attached hydrogen (secondary N) is 2. The minimum absolute atomic E-state index is 0.0327. The zero-order valence-corrected chi connectivity index (χ0v) is 9.53. The summed E-state index contributed by atoms with van der Waals surface area (Å²) < 4.78 is 13.7. The van der Waals surface area contributed by atoms with Crippen molar-refractivity contribution in [3.8, 4) is 0 Å². The minimum Gasteiger partial charge on any atom is -0.349 e. The Kier molecular flexibility index (Phi) is 3.23. The van der Waals surface area contributed by atoms with Crippen molar-refractivity contribution in [1.29, 1.82) is 0 Å². The summed E-state index contributed by atoms with van der Waals surface area (Å²) in [5, 5.41) is 2.79. The van der Waals surface area contributed by atoms with Gasteiger partial charge in [-0.05, 0) is 18.4 Å². The second-order valence-corrected chi connectivity index (χ2v) is 4.15. The van der Waals surface area contributed by atoms with E-state index in [-0.39, 0.29) is 17.4 Å². The zero-order chi connectivity index (χ0) is 12.4. The predicted molar refractivity (Wildman–Crippen MR) is 61.7 cm³/mol. The molecule has 2 unspecified atom stereocenters. The van der Waals surface area contributed by atoms with Crippen LogP contribution in [-0.4, -0.2) is 16.9 Å². The van der Waals surface area contributed by atoms with Gasteiger partial charge in [0, 0.05) is 12.2 Å². The number of halogens is 1. The number of pyridine rings is 1. The smallest absolute Gasteiger partial charge is 0.254 e. The van der Waals surface area contributed by atoms with Crippen molar-refractivity contribution in [1.82, 2.24) is 10.3 Å². The molecule has 1 saturated carbocycles. The standard InChI is InChI=1S/C11H15FN4O/c1-2-6-5-8(6)15-11(17)7-3-4-14-10(16-13)9(7)12/h3-4,6,8H,2,5,13H2,1H3,(H,14,16)(H,15,17). The molecule has 2 atom stereocenters. The van der Waals surface area contributed by atoms with Crippen molar-refractivity contribution >= 4 is 11.7 Å². The van der Waals surface area contributed by atoms with Gasteiger partial charge in [0.05, 0.1) is 5.56 Å². The molecule has 1 aliphatic carbocycles. The van der Waals surface area contributed by atoms with E-state index in [1.807, 2.05) is 0 Å². The molecule has 1 heterocycles. The largest absolute Gasteiger partial charge is 0.349 e. The second-order valence-electron chi connectivity index (χ2n) is 4.15. The van der Waals surface area contributed by atoms with Gasteiger partial charge in [-0.25, -0.2) is 15.2 Å². The van der Waals surface area contributed by atoms with Gasteiger partial charge in [-0.3, -0.25) is 4.79 Å². The molecule has 4 N–H and O–H groups in total. The molecule has 1 aliphatic rings. The van der Waals surface area contributed by atoms with Crippen LogP contribution in [0.3, 0.4) is 0 Å². The van der Waals surface area contributed by atoms with Gasteiger partial charge in [-0.2, -0.15) is 0 Å². The maximum atomic E-state index is 13.7. The van der Waals surface area contributed by atoms with Crippen LogP contribution in [0, 0.1) is 11.7 Å². The van der Waals surface area contributed by atoms with Crippen LogP contribution in [0.1, 0.15) is 30.1 Å². The Hall–Kier alpha value is -1.69. The molecular formula is C11H15FN4O. The number of hydrazine groups is 1. The van der Waals surface area contributed by atoms with Crippen molar-refractivity contribution < 1.29 is 9.18 Å². The molecule has 1 aromatic heterocycles. The average molecular weight is 238 g/mol. The van der Waals surface area contributed by atoms with E-state index in [4.69, 9.17) is 5.84 Å². The summed E-state index contributed by atoms with van der Waals surface area (Å²) in [6.45, 7) is 2.07. The normalized spacial score (nSPS) is 22.1. The molecule has 92 valence electrons. The van der Waals surface area contributed by atoms with Crippen LogP contribution in [-0.2, 0) is 0 Å². The number of rotatable bonds is 4. The lowest BCUT2D eigenvalue weighted by molar-refractivity contribution is 0.0945. The van der Waals surface area contributed by atoms with Crippen LogP contribution < -0.4 is 16.6 Å². The van der Waals surface area contributed by atoms with Gasteiger partial charge >= 0.3 is 0 Å². The van der Waals surface area contributed by atoms with Crippen molar-refractivity contribution in [2.45, 2.75) is 25.8 Å². The number of carbonyl (C=O) groups excluding carboxylic acids is 1. The first-order chi connectivity index (χ1) is 8.17. The van der Waals surface area contributed by atoms with Gasteiger partial charge in [0.15, 0.2) is 11.6 Å². The first kappa shape index (κ1) is 11.8. The third-order valence-electron chi connectivity index (χ3n) is 3.03. The average Bonchev–Trinajstić information content (AvgIpc) is 3.07. The SMILES string of the molecule is CCC1CC1NC(=O)c1ccnc(NN)c1F. The third kappa shape index (κ3) is 2.36. The van der Waals surface area contributed by atoms with Crippen LogP contribution >= 0.6 is 0 Å².